The highest BCUT2D eigenvalue weighted by molar-refractivity contribution is 7.89. The zero-order valence-corrected chi connectivity index (χ0v) is 21.6. The van der Waals surface area contributed by atoms with Gasteiger partial charge in [-0.3, -0.25) is 9.36 Å². The molecule has 186 valence electrons. The Balaban J connectivity index is 0.00000107. The maximum absolute atomic E-state index is 13.1. The Bertz CT molecular complexity index is 1160. The summed E-state index contributed by atoms with van der Waals surface area (Å²) in [4.78, 5) is 25.5. The molecule has 0 unspecified atom stereocenters. The van der Waals surface area contributed by atoms with Crippen molar-refractivity contribution in [1.82, 2.24) is 23.8 Å². The van der Waals surface area contributed by atoms with E-state index in [0.29, 0.717) is 29.8 Å². The summed E-state index contributed by atoms with van der Waals surface area (Å²) in [5.41, 5.74) is 1.40. The number of benzene rings is 1. The van der Waals surface area contributed by atoms with Gasteiger partial charge in [-0.15, -0.1) is 0 Å². The number of rotatable bonds is 7. The molecule has 0 saturated heterocycles. The summed E-state index contributed by atoms with van der Waals surface area (Å²) >= 11 is 0. The Labute approximate surface area is 202 Å². The minimum Gasteiger partial charge on any atom is -0.396 e. The van der Waals surface area contributed by atoms with Gasteiger partial charge in [0.2, 0.25) is 10.0 Å². The maximum atomic E-state index is 13.1. The van der Waals surface area contributed by atoms with Crippen molar-refractivity contribution in [3.8, 4) is 16.9 Å². The molecule has 0 amide bonds. The third-order valence-corrected chi connectivity index (χ3v) is 6.10. The van der Waals surface area contributed by atoms with E-state index < -0.39 is 10.0 Å². The van der Waals surface area contributed by atoms with Crippen molar-refractivity contribution in [3.63, 3.8) is 0 Å². The van der Waals surface area contributed by atoms with Crippen molar-refractivity contribution in [2.75, 3.05) is 20.7 Å². The van der Waals surface area contributed by atoms with Gasteiger partial charge in [0.15, 0.2) is 0 Å². The lowest BCUT2D eigenvalue weighted by Gasteiger charge is -2.13. The zero-order chi connectivity index (χ0) is 25.7. The van der Waals surface area contributed by atoms with Crippen LogP contribution < -0.4 is 5.56 Å². The highest BCUT2D eigenvalue weighted by atomic mass is 32.2. The lowest BCUT2D eigenvalue weighted by Crippen LogP contribution is -2.24. The van der Waals surface area contributed by atoms with Crippen LogP contribution in [0.1, 0.15) is 46.2 Å². The fraction of sp³-hybridized carbons (Fsp3) is 0.417. The Kier molecular flexibility index (Phi) is 12.3. The maximum Gasteiger partial charge on any atom is 0.281 e. The van der Waals surface area contributed by atoms with E-state index in [1.807, 2.05) is 13.8 Å². The lowest BCUT2D eigenvalue weighted by molar-refractivity contribution is 0.288. The third kappa shape index (κ3) is 7.54. The Morgan fingerprint density at radius 3 is 2.09 bits per heavy atom. The van der Waals surface area contributed by atoms with Gasteiger partial charge in [-0.05, 0) is 37.1 Å². The van der Waals surface area contributed by atoms with Crippen molar-refractivity contribution < 1.29 is 13.5 Å². The second-order valence-electron chi connectivity index (χ2n) is 7.20. The number of sulfonamides is 1. The first-order valence-corrected chi connectivity index (χ1v) is 12.7. The van der Waals surface area contributed by atoms with E-state index in [1.54, 1.807) is 18.3 Å². The molecule has 3 aromatic rings. The molecular weight excluding hydrogens is 454 g/mol. The van der Waals surface area contributed by atoms with Crippen LogP contribution in [-0.2, 0) is 16.4 Å². The van der Waals surface area contributed by atoms with E-state index in [9.17, 15) is 13.2 Å². The van der Waals surface area contributed by atoms with Crippen LogP contribution >= 0.6 is 0 Å². The van der Waals surface area contributed by atoms with Gasteiger partial charge < -0.3 is 5.11 Å². The Morgan fingerprint density at radius 2 is 1.59 bits per heavy atom. The Morgan fingerprint density at radius 1 is 1.03 bits per heavy atom. The molecule has 1 aromatic carbocycles. The number of nitrogens with zero attached hydrogens (tertiary/aromatic N) is 5. The molecule has 1 N–H and O–H groups in total. The summed E-state index contributed by atoms with van der Waals surface area (Å²) in [5, 5.41) is 9.13. The first-order valence-electron chi connectivity index (χ1n) is 11.3. The van der Waals surface area contributed by atoms with Crippen molar-refractivity contribution in [1.29, 1.82) is 0 Å². The molecule has 0 bridgehead atoms. The smallest absolute Gasteiger partial charge is 0.281 e. The quantitative estimate of drug-likeness (QED) is 0.541. The second-order valence-corrected chi connectivity index (χ2v) is 9.35. The molecule has 0 aliphatic rings. The topological polar surface area (TPSA) is 118 Å². The van der Waals surface area contributed by atoms with E-state index in [2.05, 4.69) is 28.8 Å². The van der Waals surface area contributed by atoms with Crippen LogP contribution in [-0.4, -0.2) is 58.1 Å². The Hall–Kier alpha value is -2.95. The minimum atomic E-state index is -3.57. The first kappa shape index (κ1) is 29.1. The zero-order valence-electron chi connectivity index (χ0n) is 20.8. The average Bonchev–Trinajstić information content (AvgIpc) is 2.85. The highest BCUT2D eigenvalue weighted by Crippen LogP contribution is 2.18. The molecule has 0 aliphatic carbocycles. The van der Waals surface area contributed by atoms with Gasteiger partial charge in [-0.1, -0.05) is 34.1 Å². The molecular formula is C24H35N5O4S. The van der Waals surface area contributed by atoms with E-state index in [1.165, 1.54) is 55.9 Å². The van der Waals surface area contributed by atoms with Crippen LogP contribution in [0.3, 0.4) is 0 Å². The summed E-state index contributed by atoms with van der Waals surface area (Å²) in [6.07, 6.45) is 8.19. The third-order valence-electron chi connectivity index (χ3n) is 4.27. The van der Waals surface area contributed by atoms with E-state index >= 15 is 0 Å². The molecule has 9 nitrogen and oxygen atoms in total. The van der Waals surface area contributed by atoms with Crippen molar-refractivity contribution >= 4 is 10.0 Å². The molecule has 0 aliphatic heterocycles. The van der Waals surface area contributed by atoms with Gasteiger partial charge in [0.05, 0.1) is 10.6 Å². The molecule has 0 saturated carbocycles. The van der Waals surface area contributed by atoms with Crippen molar-refractivity contribution in [2.45, 2.75) is 51.9 Å². The molecule has 0 fully saturated rings. The van der Waals surface area contributed by atoms with Crippen LogP contribution in [0.15, 0.2) is 58.9 Å². The van der Waals surface area contributed by atoms with Gasteiger partial charge in [-0.25, -0.2) is 27.7 Å². The predicted molar refractivity (Wildman–Crippen MR) is 134 cm³/mol. The normalized spacial score (nSPS) is 10.7. The molecule has 0 spiro atoms. The summed E-state index contributed by atoms with van der Waals surface area (Å²) in [6, 6.07) is 6.05. The highest BCUT2D eigenvalue weighted by Gasteiger charge is 2.18. The first-order chi connectivity index (χ1) is 16.3. The number of aliphatic hydroxyl groups excluding tert-OH is 1. The van der Waals surface area contributed by atoms with Crippen molar-refractivity contribution in [3.05, 3.63) is 65.2 Å². The molecule has 3 rings (SSSR count). The molecule has 2 aromatic heterocycles. The summed E-state index contributed by atoms with van der Waals surface area (Å²) in [7, 11) is -0.655. The summed E-state index contributed by atoms with van der Waals surface area (Å²) < 4.78 is 27.1. The van der Waals surface area contributed by atoms with E-state index in [4.69, 9.17) is 5.11 Å². The van der Waals surface area contributed by atoms with Crippen LogP contribution in [0, 0.1) is 0 Å². The predicted octanol–water partition coefficient (Wildman–Crippen LogP) is 3.31. The minimum absolute atomic E-state index is 0.00167. The van der Waals surface area contributed by atoms with Gasteiger partial charge in [0.1, 0.15) is 12.0 Å². The SMILES string of the molecule is CC.CCC.CN(C)S(=O)(=O)c1ccc(-n2cc(CCCO)nc(-c3cncnc3)c2=O)cc1. The van der Waals surface area contributed by atoms with Crippen LogP contribution in [0.5, 0.6) is 0 Å². The van der Waals surface area contributed by atoms with Crippen molar-refractivity contribution in [2.24, 2.45) is 0 Å². The average molecular weight is 490 g/mol. The number of aryl methyl sites for hydroxylation is 1. The number of aliphatic hydroxyl groups is 1. The van der Waals surface area contributed by atoms with Crippen LogP contribution in [0.25, 0.3) is 16.9 Å². The monoisotopic (exact) mass is 489 g/mol. The van der Waals surface area contributed by atoms with Gasteiger partial charge in [-0.2, -0.15) is 0 Å². The van der Waals surface area contributed by atoms with Gasteiger partial charge in [0.25, 0.3) is 5.56 Å². The molecule has 34 heavy (non-hydrogen) atoms. The summed E-state index contributed by atoms with van der Waals surface area (Å²) in [5.74, 6) is 0. The molecule has 10 heteroatoms. The largest absolute Gasteiger partial charge is 0.396 e. The van der Waals surface area contributed by atoms with E-state index in [0.717, 1.165) is 4.31 Å². The standard InChI is InChI=1S/C19H21N5O4S.C3H8.C2H6/c1-23(2)29(27,28)17-7-5-16(6-8-17)24-12-15(4-3-9-25)22-18(19(24)26)14-10-20-13-21-11-14;1-3-2;1-2/h5-8,10-13,25H,3-4,9H2,1-2H3;3H2,1-2H3;1-2H3. The lowest BCUT2D eigenvalue weighted by atomic mass is 10.2. The molecule has 0 radical (unpaired) electrons. The second kappa shape index (κ2) is 14.3. The number of hydrogen-bond donors (Lipinski definition) is 1. The summed E-state index contributed by atoms with van der Waals surface area (Å²) in [6.45, 7) is 8.25. The van der Waals surface area contributed by atoms with E-state index in [-0.39, 0.29) is 22.8 Å². The number of hydrogen-bond acceptors (Lipinski definition) is 7. The van der Waals surface area contributed by atoms with Gasteiger partial charge >= 0.3 is 0 Å². The number of aromatic nitrogens is 4. The van der Waals surface area contributed by atoms with Crippen LogP contribution in [0.4, 0.5) is 0 Å². The van der Waals surface area contributed by atoms with Gasteiger partial charge in [0, 0.05) is 50.5 Å². The molecule has 2 heterocycles. The molecule has 0 atom stereocenters. The fourth-order valence-corrected chi connectivity index (χ4v) is 3.62. The fourth-order valence-electron chi connectivity index (χ4n) is 2.71. The van der Waals surface area contributed by atoms with Crippen LogP contribution in [0.2, 0.25) is 0 Å².